The Hall–Kier alpha value is -2.86. The number of phenolic OH excluding ortho intramolecular Hbond substituents is 1. The number of amides is 1. The lowest BCUT2D eigenvalue weighted by molar-refractivity contribution is -0.113. The third-order valence-electron chi connectivity index (χ3n) is 4.01. The van der Waals surface area contributed by atoms with Crippen LogP contribution in [0.4, 0.5) is 5.69 Å². The van der Waals surface area contributed by atoms with Crippen molar-refractivity contribution in [1.29, 1.82) is 0 Å². The van der Waals surface area contributed by atoms with Gasteiger partial charge in [-0.25, -0.2) is 0 Å². The van der Waals surface area contributed by atoms with Crippen molar-refractivity contribution >= 4 is 35.0 Å². The summed E-state index contributed by atoms with van der Waals surface area (Å²) in [5.74, 6) is 0.168. The summed E-state index contributed by atoms with van der Waals surface area (Å²) in [6, 6.07) is 12.6. The summed E-state index contributed by atoms with van der Waals surface area (Å²) in [5, 5.41) is 13.2. The van der Waals surface area contributed by atoms with Crippen molar-refractivity contribution in [2.75, 3.05) is 12.0 Å². The van der Waals surface area contributed by atoms with Crippen LogP contribution < -0.4 is 15.0 Å². The smallest absolute Gasteiger partial charge is 0.281 e. The second kappa shape index (κ2) is 6.94. The Balaban J connectivity index is 1.95. The first-order valence-electron chi connectivity index (χ1n) is 7.87. The molecule has 0 aliphatic carbocycles. The number of rotatable bonds is 4. The molecule has 0 bridgehead atoms. The fourth-order valence-electron chi connectivity index (χ4n) is 2.75. The van der Waals surface area contributed by atoms with Gasteiger partial charge in [-0.05, 0) is 54.0 Å². The second-order valence-electron chi connectivity index (χ2n) is 5.54. The first-order valence-corrected chi connectivity index (χ1v) is 8.28. The number of carbonyl (C=O) groups excluding carboxylic acids is 1. The number of aromatic hydroxyl groups is 1. The van der Waals surface area contributed by atoms with E-state index in [9.17, 15) is 9.90 Å². The van der Waals surface area contributed by atoms with Crippen LogP contribution in [0.5, 0.6) is 11.5 Å². The van der Waals surface area contributed by atoms with Gasteiger partial charge >= 0.3 is 0 Å². The molecule has 0 atom stereocenters. The van der Waals surface area contributed by atoms with Crippen molar-refractivity contribution in [3.8, 4) is 11.5 Å². The monoisotopic (exact) mass is 354 g/mol. The first kappa shape index (κ1) is 17.0. The van der Waals surface area contributed by atoms with E-state index in [1.807, 2.05) is 31.2 Å². The van der Waals surface area contributed by atoms with Crippen LogP contribution in [0.2, 0.25) is 0 Å². The maximum absolute atomic E-state index is 12.8. The highest BCUT2D eigenvalue weighted by Crippen LogP contribution is 2.29. The first-order chi connectivity index (χ1) is 12.0. The molecule has 3 rings (SSSR count). The van der Waals surface area contributed by atoms with Crippen LogP contribution in [0, 0.1) is 0 Å². The van der Waals surface area contributed by atoms with E-state index in [1.165, 1.54) is 18.1 Å². The van der Waals surface area contributed by atoms with E-state index in [4.69, 9.17) is 17.0 Å². The number of benzene rings is 2. The lowest BCUT2D eigenvalue weighted by atomic mass is 10.1. The summed E-state index contributed by atoms with van der Waals surface area (Å²) in [6.07, 6.45) is 2.45. The van der Waals surface area contributed by atoms with E-state index < -0.39 is 0 Å². The lowest BCUT2D eigenvalue weighted by Gasteiger charge is -2.17. The Bertz CT molecular complexity index is 877. The van der Waals surface area contributed by atoms with E-state index >= 15 is 0 Å². The van der Waals surface area contributed by atoms with E-state index in [0.29, 0.717) is 22.1 Å². The molecule has 0 spiro atoms. The van der Waals surface area contributed by atoms with Crippen LogP contribution in [-0.2, 0) is 11.2 Å². The minimum atomic E-state index is -0.221. The van der Waals surface area contributed by atoms with E-state index in [0.717, 1.165) is 17.7 Å². The topological polar surface area (TPSA) is 61.8 Å². The minimum absolute atomic E-state index is 0.0121. The van der Waals surface area contributed by atoms with Crippen LogP contribution in [0.25, 0.3) is 6.08 Å². The average Bonchev–Trinajstić information content (AvgIpc) is 2.88. The van der Waals surface area contributed by atoms with Gasteiger partial charge in [0.25, 0.3) is 5.91 Å². The number of para-hydroxylation sites is 1. The highest BCUT2D eigenvalue weighted by molar-refractivity contribution is 7.80. The van der Waals surface area contributed by atoms with Gasteiger partial charge in [-0.15, -0.1) is 0 Å². The summed E-state index contributed by atoms with van der Waals surface area (Å²) < 4.78 is 5.03. The van der Waals surface area contributed by atoms with E-state index in [-0.39, 0.29) is 11.7 Å². The molecule has 1 fully saturated rings. The highest BCUT2D eigenvalue weighted by Gasteiger charge is 2.32. The maximum atomic E-state index is 12.8. The Labute approximate surface area is 151 Å². The van der Waals surface area contributed by atoms with Gasteiger partial charge in [0.05, 0.1) is 12.8 Å². The van der Waals surface area contributed by atoms with Gasteiger partial charge in [-0.2, -0.15) is 0 Å². The number of hydrogen-bond acceptors (Lipinski definition) is 4. The number of phenols is 1. The standard InChI is InChI=1S/C19H18N2O3S/c1-3-13-6-4-5-7-15(13)21-18(23)14(20-19(21)25)10-12-8-9-17(24-2)16(22)11-12/h4-11,22H,3H2,1-2H3,(H,20,25)/b14-10+. The molecule has 1 aliphatic heterocycles. The number of ether oxygens (including phenoxy) is 1. The van der Waals surface area contributed by atoms with Gasteiger partial charge in [0, 0.05) is 0 Å². The van der Waals surface area contributed by atoms with Crippen molar-refractivity contribution < 1.29 is 14.6 Å². The van der Waals surface area contributed by atoms with Crippen LogP contribution in [0.1, 0.15) is 18.1 Å². The number of aryl methyl sites for hydroxylation is 1. The third kappa shape index (κ3) is 3.21. The largest absolute Gasteiger partial charge is 0.504 e. The van der Waals surface area contributed by atoms with Crippen LogP contribution in [-0.4, -0.2) is 23.2 Å². The molecule has 0 unspecified atom stereocenters. The van der Waals surface area contributed by atoms with Crippen molar-refractivity contribution in [1.82, 2.24) is 5.32 Å². The average molecular weight is 354 g/mol. The summed E-state index contributed by atoms with van der Waals surface area (Å²) >= 11 is 5.35. The van der Waals surface area contributed by atoms with Gasteiger partial charge in [-0.3, -0.25) is 9.69 Å². The van der Waals surface area contributed by atoms with Gasteiger partial charge in [0.2, 0.25) is 0 Å². The summed E-state index contributed by atoms with van der Waals surface area (Å²) in [7, 11) is 1.48. The number of anilines is 1. The number of nitrogens with zero attached hydrogens (tertiary/aromatic N) is 1. The zero-order valence-corrected chi connectivity index (χ0v) is 14.8. The molecule has 2 aromatic rings. The summed E-state index contributed by atoms with van der Waals surface area (Å²) in [4.78, 5) is 14.3. The van der Waals surface area contributed by atoms with Gasteiger partial charge in [0.15, 0.2) is 16.6 Å². The number of hydrogen-bond donors (Lipinski definition) is 2. The molecule has 0 aromatic heterocycles. The molecule has 0 radical (unpaired) electrons. The fraction of sp³-hybridized carbons (Fsp3) is 0.158. The molecule has 1 aliphatic rings. The zero-order chi connectivity index (χ0) is 18.0. The van der Waals surface area contributed by atoms with Crippen molar-refractivity contribution in [3.05, 3.63) is 59.3 Å². The van der Waals surface area contributed by atoms with Crippen molar-refractivity contribution in [2.24, 2.45) is 0 Å². The number of carbonyl (C=O) groups is 1. The number of thiocarbonyl (C=S) groups is 1. The predicted molar refractivity (Wildman–Crippen MR) is 102 cm³/mol. The number of methoxy groups -OCH3 is 1. The van der Waals surface area contributed by atoms with Gasteiger partial charge < -0.3 is 15.2 Å². The zero-order valence-electron chi connectivity index (χ0n) is 13.9. The normalized spacial score (nSPS) is 15.6. The SMILES string of the molecule is CCc1ccccc1N1C(=O)/C(=C\c2ccc(OC)c(O)c2)NC1=S. The summed E-state index contributed by atoms with van der Waals surface area (Å²) in [6.45, 7) is 2.03. The molecule has 1 saturated heterocycles. The molecule has 0 saturated carbocycles. The van der Waals surface area contributed by atoms with E-state index in [2.05, 4.69) is 5.32 Å². The van der Waals surface area contributed by atoms with Crippen molar-refractivity contribution in [2.45, 2.75) is 13.3 Å². The highest BCUT2D eigenvalue weighted by atomic mass is 32.1. The molecule has 6 heteroatoms. The molecule has 5 nitrogen and oxygen atoms in total. The molecular formula is C19H18N2O3S. The summed E-state index contributed by atoms with van der Waals surface area (Å²) in [5.41, 5.74) is 2.86. The Morgan fingerprint density at radius 1 is 1.28 bits per heavy atom. The molecule has 25 heavy (non-hydrogen) atoms. The Morgan fingerprint density at radius 2 is 2.04 bits per heavy atom. The quantitative estimate of drug-likeness (QED) is 0.652. The second-order valence-corrected chi connectivity index (χ2v) is 5.93. The predicted octanol–water partition coefficient (Wildman–Crippen LogP) is 3.23. The molecule has 128 valence electrons. The maximum Gasteiger partial charge on any atom is 0.281 e. The third-order valence-corrected chi connectivity index (χ3v) is 4.29. The van der Waals surface area contributed by atoms with Gasteiger partial charge in [-0.1, -0.05) is 31.2 Å². The molecular weight excluding hydrogens is 336 g/mol. The van der Waals surface area contributed by atoms with Gasteiger partial charge in [0.1, 0.15) is 5.70 Å². The van der Waals surface area contributed by atoms with Crippen molar-refractivity contribution in [3.63, 3.8) is 0 Å². The molecule has 2 aromatic carbocycles. The Morgan fingerprint density at radius 3 is 2.72 bits per heavy atom. The molecule has 2 N–H and O–H groups in total. The molecule has 1 heterocycles. The lowest BCUT2D eigenvalue weighted by Crippen LogP contribution is -2.31. The van der Waals surface area contributed by atoms with Crippen LogP contribution in [0.3, 0.4) is 0 Å². The minimum Gasteiger partial charge on any atom is -0.504 e. The molecule has 1 amide bonds. The van der Waals surface area contributed by atoms with E-state index in [1.54, 1.807) is 18.2 Å². The van der Waals surface area contributed by atoms with Crippen LogP contribution >= 0.6 is 12.2 Å². The fourth-order valence-corrected chi connectivity index (χ4v) is 3.04. The van der Waals surface area contributed by atoms with Crippen LogP contribution in [0.15, 0.2) is 48.2 Å². The Kier molecular flexibility index (Phi) is 4.72. The number of nitrogens with one attached hydrogen (secondary N) is 1.